The lowest BCUT2D eigenvalue weighted by molar-refractivity contribution is -0.202. The number of Topliss-reactive ketones (excluding diaryl/α,β-unsaturated/α-hetero) is 1. The molecular weight excluding hydrogens is 436 g/mol. The zero-order chi connectivity index (χ0) is 24.8. The number of fused-ring (bicyclic) bond motifs is 2. The van der Waals surface area contributed by atoms with Gasteiger partial charge in [-0.3, -0.25) is 29.3 Å². The van der Waals surface area contributed by atoms with Gasteiger partial charge >= 0.3 is 11.9 Å². The lowest BCUT2D eigenvalue weighted by Crippen LogP contribution is -2.75. The van der Waals surface area contributed by atoms with Crippen molar-refractivity contribution in [1.82, 2.24) is 19.8 Å². The van der Waals surface area contributed by atoms with Gasteiger partial charge in [0.25, 0.3) is 0 Å². The summed E-state index contributed by atoms with van der Waals surface area (Å²) in [6.07, 6.45) is 0. The number of likely N-dealkylation sites (tertiary alicyclic amines) is 2. The molecule has 2 aliphatic rings. The van der Waals surface area contributed by atoms with Gasteiger partial charge in [-0.05, 0) is 52.2 Å². The summed E-state index contributed by atoms with van der Waals surface area (Å²) < 4.78 is 10.5. The fraction of sp³-hybridized carbons (Fsp3) is 0.480. The minimum atomic E-state index is -1.69. The molecule has 2 saturated heterocycles. The number of piperidine rings is 2. The summed E-state index contributed by atoms with van der Waals surface area (Å²) in [6, 6.07) is 9.40. The maximum Gasteiger partial charge on any atom is 0.322 e. The minimum absolute atomic E-state index is 0.0792. The molecule has 0 radical (unpaired) electrons. The molecule has 2 aliphatic heterocycles. The molecule has 0 aromatic carbocycles. The highest BCUT2D eigenvalue weighted by Gasteiger charge is 2.75. The van der Waals surface area contributed by atoms with Crippen molar-refractivity contribution in [3.8, 4) is 0 Å². The molecule has 9 heteroatoms. The predicted molar refractivity (Wildman–Crippen MR) is 123 cm³/mol. The average molecular weight is 467 g/mol. The lowest BCUT2D eigenvalue weighted by atomic mass is 9.54. The first-order valence-corrected chi connectivity index (χ1v) is 11.1. The second-order valence-corrected chi connectivity index (χ2v) is 9.31. The fourth-order valence-electron chi connectivity index (χ4n) is 5.97. The van der Waals surface area contributed by atoms with Crippen LogP contribution in [-0.4, -0.2) is 78.9 Å². The number of aromatic nitrogens is 2. The summed E-state index contributed by atoms with van der Waals surface area (Å²) in [5.41, 5.74) is -0.784. The summed E-state index contributed by atoms with van der Waals surface area (Å²) >= 11 is 0. The molecule has 2 aromatic heterocycles. The second-order valence-electron chi connectivity index (χ2n) is 9.31. The van der Waals surface area contributed by atoms with Gasteiger partial charge in [0.2, 0.25) is 0 Å². The molecule has 4 rings (SSSR count). The van der Waals surface area contributed by atoms with E-state index in [0.29, 0.717) is 11.4 Å². The number of hydrogen-bond acceptors (Lipinski definition) is 9. The molecule has 4 atom stereocenters. The predicted octanol–water partition coefficient (Wildman–Crippen LogP) is 1.65. The third-order valence-corrected chi connectivity index (χ3v) is 7.08. The molecule has 0 unspecified atom stereocenters. The molecule has 9 nitrogen and oxygen atoms in total. The van der Waals surface area contributed by atoms with Crippen LogP contribution in [0.5, 0.6) is 0 Å². The van der Waals surface area contributed by atoms with Crippen molar-refractivity contribution in [3.05, 3.63) is 59.2 Å². The van der Waals surface area contributed by atoms with Crippen molar-refractivity contribution >= 4 is 17.7 Å². The van der Waals surface area contributed by atoms with Crippen LogP contribution in [-0.2, 0) is 23.9 Å². The smallest absolute Gasteiger partial charge is 0.322 e. The van der Waals surface area contributed by atoms with E-state index in [1.165, 1.54) is 14.2 Å². The van der Waals surface area contributed by atoms with Crippen molar-refractivity contribution in [2.45, 2.75) is 25.9 Å². The quantitative estimate of drug-likeness (QED) is 0.492. The van der Waals surface area contributed by atoms with Crippen molar-refractivity contribution in [3.63, 3.8) is 0 Å². The topological polar surface area (TPSA) is 102 Å². The fourth-order valence-corrected chi connectivity index (χ4v) is 5.97. The summed E-state index contributed by atoms with van der Waals surface area (Å²) in [5, 5.41) is 0. The SMILES string of the molecule is COC(=O)[C@]12CN(C)C[C@](C(=O)OC)(C1=O)[C@@H](c1cccc(C)n1)N(C)[C@H]2c1cccc(C)n1. The molecule has 34 heavy (non-hydrogen) atoms. The monoisotopic (exact) mass is 466 g/mol. The zero-order valence-electron chi connectivity index (χ0n) is 20.4. The number of hydrogen-bond donors (Lipinski definition) is 0. The Labute approximate surface area is 199 Å². The van der Waals surface area contributed by atoms with Gasteiger partial charge in [-0.1, -0.05) is 12.1 Å². The van der Waals surface area contributed by atoms with Crippen molar-refractivity contribution < 1.29 is 23.9 Å². The maximum atomic E-state index is 14.6. The molecular formula is C25H30N4O5. The highest BCUT2D eigenvalue weighted by Crippen LogP contribution is 2.59. The Balaban J connectivity index is 2.09. The van der Waals surface area contributed by atoms with Gasteiger partial charge in [-0.2, -0.15) is 0 Å². The van der Waals surface area contributed by atoms with Gasteiger partial charge < -0.3 is 14.4 Å². The van der Waals surface area contributed by atoms with Gasteiger partial charge in [0.15, 0.2) is 16.6 Å². The summed E-state index contributed by atoms with van der Waals surface area (Å²) in [4.78, 5) is 54.7. The molecule has 0 aliphatic carbocycles. The van der Waals surface area contributed by atoms with Crippen LogP contribution in [0.1, 0.15) is 34.9 Å². The third kappa shape index (κ3) is 3.25. The van der Waals surface area contributed by atoms with E-state index in [1.54, 1.807) is 26.2 Å². The summed E-state index contributed by atoms with van der Waals surface area (Å²) in [6.45, 7) is 3.86. The van der Waals surface area contributed by atoms with Gasteiger partial charge in [-0.15, -0.1) is 0 Å². The Kier molecular flexibility index (Phi) is 6.03. The van der Waals surface area contributed by atoms with Gasteiger partial charge in [0.1, 0.15) is 0 Å². The molecule has 2 aromatic rings. The van der Waals surface area contributed by atoms with Crippen LogP contribution in [0, 0.1) is 24.7 Å². The van der Waals surface area contributed by atoms with Crippen LogP contribution in [0.15, 0.2) is 36.4 Å². The van der Waals surface area contributed by atoms with E-state index in [1.807, 2.05) is 47.9 Å². The zero-order valence-corrected chi connectivity index (χ0v) is 20.4. The number of rotatable bonds is 4. The maximum absolute atomic E-state index is 14.6. The van der Waals surface area contributed by atoms with Crippen LogP contribution < -0.4 is 0 Å². The Hall–Kier alpha value is -3.17. The van der Waals surface area contributed by atoms with Crippen molar-refractivity contribution in [2.24, 2.45) is 10.8 Å². The molecule has 2 bridgehead atoms. The minimum Gasteiger partial charge on any atom is -0.468 e. The molecule has 0 spiro atoms. The third-order valence-electron chi connectivity index (χ3n) is 7.08. The van der Waals surface area contributed by atoms with Crippen molar-refractivity contribution in [1.29, 1.82) is 0 Å². The lowest BCUT2D eigenvalue weighted by Gasteiger charge is -2.60. The standard InChI is InChI=1S/C25H30N4O5/c1-15-9-7-11-17(26-15)19-24(22(31)33-5)13-28(3)14-25(21(24)30,23(32)34-6)20(29(19)4)18-12-8-10-16(2)27-18/h7-12,19-20H,13-14H2,1-6H3/t19-,20+,24-,25+. The van der Waals surface area contributed by atoms with E-state index in [-0.39, 0.29) is 13.1 Å². The van der Waals surface area contributed by atoms with Crippen LogP contribution in [0.4, 0.5) is 0 Å². The number of esters is 2. The number of pyridine rings is 2. The number of carbonyl (C=O) groups is 3. The number of ketones is 1. The van der Waals surface area contributed by atoms with Gasteiger partial charge in [0, 0.05) is 24.5 Å². The Morgan fingerprint density at radius 2 is 1.26 bits per heavy atom. The highest BCUT2D eigenvalue weighted by molar-refractivity contribution is 6.17. The molecule has 4 heterocycles. The molecule has 2 fully saturated rings. The molecule has 180 valence electrons. The first kappa shape index (κ1) is 24.0. The normalized spacial score (nSPS) is 29.5. The van der Waals surface area contributed by atoms with Crippen molar-refractivity contribution in [2.75, 3.05) is 41.4 Å². The Morgan fingerprint density at radius 1 is 0.853 bits per heavy atom. The number of methoxy groups -OCH3 is 2. The first-order chi connectivity index (χ1) is 16.1. The van der Waals surface area contributed by atoms with Gasteiger partial charge in [0.05, 0.1) is 37.7 Å². The summed E-state index contributed by atoms with van der Waals surface area (Å²) in [7, 11) is 6.10. The van der Waals surface area contributed by atoms with Gasteiger partial charge in [-0.25, -0.2) is 0 Å². The van der Waals surface area contributed by atoms with Crippen LogP contribution in [0.3, 0.4) is 0 Å². The highest BCUT2D eigenvalue weighted by atomic mass is 16.5. The average Bonchev–Trinajstić information content (AvgIpc) is 2.80. The molecule has 0 amide bonds. The largest absolute Gasteiger partial charge is 0.468 e. The Morgan fingerprint density at radius 3 is 1.62 bits per heavy atom. The first-order valence-electron chi connectivity index (χ1n) is 11.1. The summed E-state index contributed by atoms with van der Waals surface area (Å²) in [5.74, 6) is -1.92. The Bertz CT molecular complexity index is 1070. The van der Waals surface area contributed by atoms with E-state index in [2.05, 4.69) is 0 Å². The van der Waals surface area contributed by atoms with E-state index >= 15 is 0 Å². The van der Waals surface area contributed by atoms with Crippen LogP contribution >= 0.6 is 0 Å². The number of nitrogens with zero attached hydrogens (tertiary/aromatic N) is 4. The molecule has 0 N–H and O–H groups in total. The number of ether oxygens (including phenoxy) is 2. The van der Waals surface area contributed by atoms with E-state index < -0.39 is 40.6 Å². The van der Waals surface area contributed by atoms with E-state index in [4.69, 9.17) is 19.4 Å². The second kappa shape index (κ2) is 8.56. The number of aryl methyl sites for hydroxylation is 2. The molecule has 0 saturated carbocycles. The van der Waals surface area contributed by atoms with Crippen LogP contribution in [0.25, 0.3) is 0 Å². The van der Waals surface area contributed by atoms with E-state index in [0.717, 1.165) is 11.4 Å². The number of carbonyl (C=O) groups excluding carboxylic acids is 3. The van der Waals surface area contributed by atoms with Crippen LogP contribution in [0.2, 0.25) is 0 Å². The van der Waals surface area contributed by atoms with E-state index in [9.17, 15) is 14.4 Å².